The van der Waals surface area contributed by atoms with Gasteiger partial charge in [-0.15, -0.1) is 13.2 Å². The molecule has 2 N–H and O–H groups in total. The third-order valence-electron chi connectivity index (χ3n) is 5.57. The number of carbonyl (C=O) groups excluding carboxylic acids is 1. The summed E-state index contributed by atoms with van der Waals surface area (Å²) in [6, 6.07) is 12.0. The Morgan fingerprint density at radius 3 is 2.30 bits per heavy atom. The van der Waals surface area contributed by atoms with Gasteiger partial charge in [0.25, 0.3) is 15.9 Å². The number of carbonyl (C=O) groups is 1. The predicted octanol–water partition coefficient (Wildman–Crippen LogP) is 3.27. The summed E-state index contributed by atoms with van der Waals surface area (Å²) >= 11 is 0. The van der Waals surface area contributed by atoms with E-state index in [2.05, 4.69) is 28.1 Å². The first kappa shape index (κ1) is 24.5. The second-order valence-corrected chi connectivity index (χ2v) is 9.54. The van der Waals surface area contributed by atoms with E-state index < -0.39 is 10.0 Å². The predicted molar refractivity (Wildman–Crippen MR) is 134 cm³/mol. The largest absolute Gasteiger partial charge is 0.367 e. The molecule has 1 amide bonds. The van der Waals surface area contributed by atoms with Crippen molar-refractivity contribution in [3.05, 3.63) is 78.9 Å². The van der Waals surface area contributed by atoms with E-state index >= 15 is 0 Å². The zero-order valence-electron chi connectivity index (χ0n) is 19.1. The summed E-state index contributed by atoms with van der Waals surface area (Å²) in [5.41, 5.74) is 2.60. The molecule has 0 spiro atoms. The number of anilines is 2. The summed E-state index contributed by atoms with van der Waals surface area (Å²) in [6.45, 7) is 13.3. The molecule has 7 nitrogen and oxygen atoms in total. The number of amides is 1. The van der Waals surface area contributed by atoms with Gasteiger partial charge in [0.2, 0.25) is 0 Å². The summed E-state index contributed by atoms with van der Waals surface area (Å²) in [4.78, 5) is 17.0. The van der Waals surface area contributed by atoms with Gasteiger partial charge >= 0.3 is 0 Å². The highest BCUT2D eigenvalue weighted by molar-refractivity contribution is 7.92. The van der Waals surface area contributed by atoms with Gasteiger partial charge in [0, 0.05) is 44.8 Å². The number of aryl methyl sites for hydroxylation is 1. The van der Waals surface area contributed by atoms with Gasteiger partial charge in [-0.3, -0.25) is 9.52 Å². The smallest absolute Gasteiger partial charge is 0.261 e. The SMILES string of the molecule is C=CCN(CC=C)C(=O)c1ccc(N2CCNCC2)c(NS(=O)(=O)c2ccc(CC)cc2)c1. The van der Waals surface area contributed by atoms with Gasteiger partial charge in [-0.05, 0) is 42.3 Å². The van der Waals surface area contributed by atoms with Crippen molar-refractivity contribution in [2.45, 2.75) is 18.2 Å². The molecule has 3 rings (SSSR count). The van der Waals surface area contributed by atoms with Gasteiger partial charge in [-0.1, -0.05) is 31.2 Å². The molecule has 1 aliphatic heterocycles. The minimum absolute atomic E-state index is 0.183. The first-order valence-electron chi connectivity index (χ1n) is 11.1. The molecule has 1 fully saturated rings. The summed E-state index contributed by atoms with van der Waals surface area (Å²) < 4.78 is 29.1. The van der Waals surface area contributed by atoms with E-state index in [-0.39, 0.29) is 10.8 Å². The average molecular weight is 469 g/mol. The van der Waals surface area contributed by atoms with Crippen LogP contribution in [-0.2, 0) is 16.4 Å². The maximum atomic E-state index is 13.2. The number of nitrogens with zero attached hydrogens (tertiary/aromatic N) is 2. The Morgan fingerprint density at radius 2 is 1.73 bits per heavy atom. The van der Waals surface area contributed by atoms with Crippen molar-refractivity contribution in [2.24, 2.45) is 0 Å². The number of piperazine rings is 1. The molecule has 0 unspecified atom stereocenters. The topological polar surface area (TPSA) is 81.8 Å². The Morgan fingerprint density at radius 1 is 1.09 bits per heavy atom. The van der Waals surface area contributed by atoms with Crippen molar-refractivity contribution in [3.8, 4) is 0 Å². The lowest BCUT2D eigenvalue weighted by molar-refractivity contribution is 0.0791. The van der Waals surface area contributed by atoms with Crippen molar-refractivity contribution in [3.63, 3.8) is 0 Å². The highest BCUT2D eigenvalue weighted by atomic mass is 32.2. The van der Waals surface area contributed by atoms with Crippen LogP contribution >= 0.6 is 0 Å². The third-order valence-corrected chi connectivity index (χ3v) is 6.96. The van der Waals surface area contributed by atoms with Gasteiger partial charge in [0.1, 0.15) is 0 Å². The van der Waals surface area contributed by atoms with Gasteiger partial charge in [-0.25, -0.2) is 8.42 Å². The standard InChI is InChI=1S/C25H32N4O3S/c1-4-15-29(16-5-2)25(30)21-9-12-24(28-17-13-26-14-18-28)23(19-21)27-33(31,32)22-10-7-20(6-3)8-11-22/h4-5,7-12,19,26-27H,1-2,6,13-18H2,3H3. The van der Waals surface area contributed by atoms with Crippen molar-refractivity contribution in [1.82, 2.24) is 10.2 Å². The molecule has 8 heteroatoms. The molecule has 0 aliphatic carbocycles. The molecular formula is C25H32N4O3S. The fourth-order valence-corrected chi connectivity index (χ4v) is 4.84. The Hall–Kier alpha value is -3.10. The molecule has 0 bridgehead atoms. The number of hydrogen-bond donors (Lipinski definition) is 2. The number of rotatable bonds is 10. The first-order chi connectivity index (χ1) is 15.9. The number of nitrogens with one attached hydrogen (secondary N) is 2. The Bertz CT molecular complexity index is 1080. The van der Waals surface area contributed by atoms with Crippen LogP contribution in [0.15, 0.2) is 72.7 Å². The Labute approximate surface area is 196 Å². The monoisotopic (exact) mass is 468 g/mol. The third kappa shape index (κ3) is 6.03. The number of sulfonamides is 1. The molecule has 176 valence electrons. The maximum Gasteiger partial charge on any atom is 0.261 e. The average Bonchev–Trinajstić information content (AvgIpc) is 2.84. The summed E-state index contributed by atoms with van der Waals surface area (Å²) in [5, 5.41) is 3.30. The second kappa shape index (κ2) is 11.2. The lowest BCUT2D eigenvalue weighted by atomic mass is 10.1. The highest BCUT2D eigenvalue weighted by Crippen LogP contribution is 2.30. The van der Waals surface area contributed by atoms with E-state index in [1.807, 2.05) is 25.1 Å². The van der Waals surface area contributed by atoms with E-state index in [4.69, 9.17) is 0 Å². The molecule has 1 saturated heterocycles. The van der Waals surface area contributed by atoms with Crippen LogP contribution in [0.2, 0.25) is 0 Å². The van der Waals surface area contributed by atoms with Crippen molar-refractivity contribution >= 4 is 27.3 Å². The molecule has 2 aromatic rings. The molecule has 1 aliphatic rings. The zero-order chi connectivity index (χ0) is 23.8. The molecule has 1 heterocycles. The lowest BCUT2D eigenvalue weighted by Gasteiger charge is -2.31. The van der Waals surface area contributed by atoms with Crippen LogP contribution in [0.4, 0.5) is 11.4 Å². The van der Waals surface area contributed by atoms with E-state index in [0.29, 0.717) is 24.3 Å². The zero-order valence-corrected chi connectivity index (χ0v) is 19.9. The van der Waals surface area contributed by atoms with Crippen LogP contribution in [0, 0.1) is 0 Å². The second-order valence-electron chi connectivity index (χ2n) is 7.86. The quantitative estimate of drug-likeness (QED) is 0.523. The van der Waals surface area contributed by atoms with E-state index in [9.17, 15) is 13.2 Å². The molecule has 2 aromatic carbocycles. The molecule has 0 aromatic heterocycles. The summed E-state index contributed by atoms with van der Waals surface area (Å²) in [5.74, 6) is -0.214. The van der Waals surface area contributed by atoms with Crippen molar-refractivity contribution in [1.29, 1.82) is 0 Å². The summed E-state index contributed by atoms with van der Waals surface area (Å²) in [7, 11) is -3.83. The normalized spacial score (nSPS) is 13.9. The van der Waals surface area contributed by atoms with Crippen LogP contribution in [0.1, 0.15) is 22.8 Å². The van der Waals surface area contributed by atoms with Gasteiger partial charge in [-0.2, -0.15) is 0 Å². The molecule has 0 saturated carbocycles. The number of benzene rings is 2. The fourth-order valence-electron chi connectivity index (χ4n) is 3.77. The van der Waals surface area contributed by atoms with Crippen molar-refractivity contribution < 1.29 is 13.2 Å². The fraction of sp³-hybridized carbons (Fsp3) is 0.320. The van der Waals surface area contributed by atoms with Gasteiger partial charge in [0.05, 0.1) is 16.3 Å². The van der Waals surface area contributed by atoms with Gasteiger partial charge in [0.15, 0.2) is 0 Å². The minimum Gasteiger partial charge on any atom is -0.367 e. The van der Waals surface area contributed by atoms with Crippen LogP contribution in [-0.4, -0.2) is 58.5 Å². The van der Waals surface area contributed by atoms with E-state index in [1.165, 1.54) is 0 Å². The maximum absolute atomic E-state index is 13.2. The molecule has 33 heavy (non-hydrogen) atoms. The minimum atomic E-state index is -3.83. The van der Waals surface area contributed by atoms with Crippen LogP contribution in [0.25, 0.3) is 0 Å². The van der Waals surface area contributed by atoms with Gasteiger partial charge < -0.3 is 15.1 Å². The van der Waals surface area contributed by atoms with E-state index in [1.54, 1.807) is 41.3 Å². The molecular weight excluding hydrogens is 436 g/mol. The van der Waals surface area contributed by atoms with Crippen LogP contribution in [0.3, 0.4) is 0 Å². The molecule has 0 atom stereocenters. The molecule has 0 radical (unpaired) electrons. The van der Waals surface area contributed by atoms with E-state index in [0.717, 1.165) is 43.9 Å². The van der Waals surface area contributed by atoms with Crippen LogP contribution in [0.5, 0.6) is 0 Å². The highest BCUT2D eigenvalue weighted by Gasteiger charge is 2.22. The van der Waals surface area contributed by atoms with Crippen LogP contribution < -0.4 is 14.9 Å². The number of hydrogen-bond acceptors (Lipinski definition) is 5. The first-order valence-corrected chi connectivity index (χ1v) is 12.6. The van der Waals surface area contributed by atoms with Crippen molar-refractivity contribution in [2.75, 3.05) is 48.9 Å². The Kier molecular flexibility index (Phi) is 8.30. The Balaban J connectivity index is 1.99. The lowest BCUT2D eigenvalue weighted by Crippen LogP contribution is -2.43. The summed E-state index contributed by atoms with van der Waals surface area (Å²) in [6.07, 6.45) is 4.14.